The average Bonchev–Trinajstić information content (AvgIpc) is 2.65. The zero-order valence-electron chi connectivity index (χ0n) is 10.2. The van der Waals surface area contributed by atoms with E-state index in [1.54, 1.807) is 0 Å². The van der Waals surface area contributed by atoms with E-state index in [-0.39, 0.29) is 0 Å². The molecule has 4 heteroatoms. The minimum Gasteiger partial charge on any atom is -0.360 e. The second-order valence-corrected chi connectivity index (χ2v) is 4.61. The van der Waals surface area contributed by atoms with Crippen molar-refractivity contribution in [3.8, 4) is 0 Å². The Hall–Kier alpha value is -0.870. The Balaban J connectivity index is 1.85. The summed E-state index contributed by atoms with van der Waals surface area (Å²) in [4.78, 5) is 2.44. The van der Waals surface area contributed by atoms with Crippen molar-refractivity contribution in [2.45, 2.75) is 39.3 Å². The maximum Gasteiger partial charge on any atom is 0.150 e. The van der Waals surface area contributed by atoms with Crippen molar-refractivity contribution in [2.75, 3.05) is 19.6 Å². The topological polar surface area (TPSA) is 41.3 Å². The van der Waals surface area contributed by atoms with Crippen molar-refractivity contribution in [1.29, 1.82) is 0 Å². The largest absolute Gasteiger partial charge is 0.360 e. The van der Waals surface area contributed by atoms with E-state index in [9.17, 15) is 0 Å². The van der Waals surface area contributed by atoms with Gasteiger partial charge in [0.05, 0.1) is 12.2 Å². The van der Waals surface area contributed by atoms with Crippen LogP contribution in [-0.4, -0.2) is 35.7 Å². The molecule has 1 aromatic heterocycles. The molecular weight excluding hydrogens is 202 g/mol. The first-order valence-electron chi connectivity index (χ1n) is 6.16. The van der Waals surface area contributed by atoms with E-state index in [0.717, 1.165) is 37.6 Å². The van der Waals surface area contributed by atoms with Crippen LogP contribution < -0.4 is 5.32 Å². The minimum atomic E-state index is 0.641. The van der Waals surface area contributed by atoms with Crippen molar-refractivity contribution in [1.82, 2.24) is 15.4 Å². The Kier molecular flexibility index (Phi) is 3.96. The zero-order chi connectivity index (χ0) is 11.4. The van der Waals surface area contributed by atoms with Crippen LogP contribution in [0.15, 0.2) is 10.6 Å². The lowest BCUT2D eigenvalue weighted by molar-refractivity contribution is 0.170. The summed E-state index contributed by atoms with van der Waals surface area (Å²) in [7, 11) is 0. The molecule has 1 N–H and O–H groups in total. The zero-order valence-corrected chi connectivity index (χ0v) is 10.2. The van der Waals surface area contributed by atoms with Crippen LogP contribution in [0.5, 0.6) is 0 Å². The molecule has 1 aromatic rings. The van der Waals surface area contributed by atoms with Gasteiger partial charge < -0.3 is 9.84 Å². The Labute approximate surface area is 97.0 Å². The number of piperazine rings is 1. The summed E-state index contributed by atoms with van der Waals surface area (Å²) in [5.41, 5.74) is 0.968. The molecule has 0 aromatic carbocycles. The highest BCUT2D eigenvalue weighted by molar-refractivity contribution is 5.03. The van der Waals surface area contributed by atoms with Gasteiger partial charge in [-0.1, -0.05) is 18.5 Å². The standard InChI is InChI=1S/C12H21N3O/c1-3-4-11-8-15(6-5-13-11)9-12-7-10(2)14-16-12/h7,11,13H,3-6,8-9H2,1-2H3. The molecule has 4 nitrogen and oxygen atoms in total. The second kappa shape index (κ2) is 5.46. The highest BCUT2D eigenvalue weighted by atomic mass is 16.5. The van der Waals surface area contributed by atoms with Gasteiger partial charge in [0, 0.05) is 31.7 Å². The van der Waals surface area contributed by atoms with Crippen molar-refractivity contribution >= 4 is 0 Å². The smallest absolute Gasteiger partial charge is 0.150 e. The fourth-order valence-electron chi connectivity index (χ4n) is 2.29. The third-order valence-electron chi connectivity index (χ3n) is 3.03. The molecule has 2 rings (SSSR count). The van der Waals surface area contributed by atoms with Gasteiger partial charge in [0.15, 0.2) is 5.76 Å². The van der Waals surface area contributed by atoms with E-state index >= 15 is 0 Å². The summed E-state index contributed by atoms with van der Waals surface area (Å²) in [6, 6.07) is 2.67. The van der Waals surface area contributed by atoms with Crippen molar-refractivity contribution in [2.24, 2.45) is 0 Å². The molecule has 1 aliphatic heterocycles. The number of nitrogens with zero attached hydrogens (tertiary/aromatic N) is 2. The first-order valence-corrected chi connectivity index (χ1v) is 6.16. The van der Waals surface area contributed by atoms with Gasteiger partial charge in [-0.2, -0.15) is 0 Å². The molecule has 0 radical (unpaired) electrons. The van der Waals surface area contributed by atoms with E-state index < -0.39 is 0 Å². The van der Waals surface area contributed by atoms with E-state index in [1.807, 2.05) is 13.0 Å². The van der Waals surface area contributed by atoms with Crippen LogP contribution in [0.1, 0.15) is 31.2 Å². The molecule has 1 unspecified atom stereocenters. The molecule has 1 saturated heterocycles. The van der Waals surface area contributed by atoms with Gasteiger partial charge in [0.25, 0.3) is 0 Å². The Morgan fingerprint density at radius 2 is 2.50 bits per heavy atom. The van der Waals surface area contributed by atoms with Crippen LogP contribution >= 0.6 is 0 Å². The molecule has 0 amide bonds. The fraction of sp³-hybridized carbons (Fsp3) is 0.750. The van der Waals surface area contributed by atoms with Gasteiger partial charge in [-0.25, -0.2) is 0 Å². The normalized spacial score (nSPS) is 22.5. The molecule has 1 atom stereocenters. The average molecular weight is 223 g/mol. The van der Waals surface area contributed by atoms with E-state index in [2.05, 4.69) is 22.3 Å². The van der Waals surface area contributed by atoms with Gasteiger partial charge in [0.2, 0.25) is 0 Å². The molecule has 0 aliphatic carbocycles. The van der Waals surface area contributed by atoms with Gasteiger partial charge in [-0.05, 0) is 13.3 Å². The Morgan fingerprint density at radius 1 is 1.62 bits per heavy atom. The van der Waals surface area contributed by atoms with Gasteiger partial charge >= 0.3 is 0 Å². The SMILES string of the molecule is CCCC1CN(Cc2cc(C)no2)CCN1. The van der Waals surface area contributed by atoms with Crippen LogP contribution in [0.25, 0.3) is 0 Å². The van der Waals surface area contributed by atoms with E-state index in [1.165, 1.54) is 12.8 Å². The summed E-state index contributed by atoms with van der Waals surface area (Å²) in [5, 5.41) is 7.47. The number of aryl methyl sites for hydroxylation is 1. The molecular formula is C12H21N3O. The number of nitrogens with one attached hydrogen (secondary N) is 1. The van der Waals surface area contributed by atoms with Gasteiger partial charge in [-0.15, -0.1) is 0 Å². The number of rotatable bonds is 4. The molecule has 1 aliphatic rings. The quantitative estimate of drug-likeness (QED) is 0.841. The summed E-state index contributed by atoms with van der Waals surface area (Å²) in [6.45, 7) is 8.39. The molecule has 1 fully saturated rings. The van der Waals surface area contributed by atoms with Crippen LogP contribution in [0, 0.1) is 6.92 Å². The first-order chi connectivity index (χ1) is 7.78. The lowest BCUT2D eigenvalue weighted by Crippen LogP contribution is -2.50. The summed E-state index contributed by atoms with van der Waals surface area (Å²) < 4.78 is 5.25. The molecule has 90 valence electrons. The highest BCUT2D eigenvalue weighted by Crippen LogP contribution is 2.10. The third kappa shape index (κ3) is 3.06. The van der Waals surface area contributed by atoms with Crippen LogP contribution in [0.2, 0.25) is 0 Å². The second-order valence-electron chi connectivity index (χ2n) is 4.61. The van der Waals surface area contributed by atoms with Gasteiger partial charge in [-0.3, -0.25) is 4.90 Å². The molecule has 0 bridgehead atoms. The number of hydrogen-bond acceptors (Lipinski definition) is 4. The lowest BCUT2D eigenvalue weighted by atomic mass is 10.1. The summed E-state index contributed by atoms with van der Waals surface area (Å²) >= 11 is 0. The molecule has 0 saturated carbocycles. The fourth-order valence-corrected chi connectivity index (χ4v) is 2.29. The lowest BCUT2D eigenvalue weighted by Gasteiger charge is -2.32. The molecule has 16 heavy (non-hydrogen) atoms. The maximum absolute atomic E-state index is 5.25. The molecule has 2 heterocycles. The predicted octanol–water partition coefficient (Wildman–Crippen LogP) is 1.56. The third-order valence-corrected chi connectivity index (χ3v) is 3.03. The summed E-state index contributed by atoms with van der Waals surface area (Å²) in [6.07, 6.45) is 2.50. The molecule has 0 spiro atoms. The maximum atomic E-state index is 5.25. The van der Waals surface area contributed by atoms with Crippen molar-refractivity contribution in [3.05, 3.63) is 17.5 Å². The number of hydrogen-bond donors (Lipinski definition) is 1. The van der Waals surface area contributed by atoms with Crippen LogP contribution in [-0.2, 0) is 6.54 Å². The Bertz CT molecular complexity index is 322. The van der Waals surface area contributed by atoms with Crippen LogP contribution in [0.4, 0.5) is 0 Å². The van der Waals surface area contributed by atoms with Crippen LogP contribution in [0.3, 0.4) is 0 Å². The highest BCUT2D eigenvalue weighted by Gasteiger charge is 2.19. The van der Waals surface area contributed by atoms with Crippen molar-refractivity contribution in [3.63, 3.8) is 0 Å². The van der Waals surface area contributed by atoms with E-state index in [0.29, 0.717) is 6.04 Å². The number of aromatic nitrogens is 1. The van der Waals surface area contributed by atoms with E-state index in [4.69, 9.17) is 4.52 Å². The predicted molar refractivity (Wildman–Crippen MR) is 63.2 cm³/mol. The minimum absolute atomic E-state index is 0.641. The van der Waals surface area contributed by atoms with Gasteiger partial charge in [0.1, 0.15) is 0 Å². The first kappa shape index (κ1) is 11.6. The van der Waals surface area contributed by atoms with Crippen molar-refractivity contribution < 1.29 is 4.52 Å². The monoisotopic (exact) mass is 223 g/mol. The summed E-state index contributed by atoms with van der Waals surface area (Å²) in [5.74, 6) is 0.981. The Morgan fingerprint density at radius 3 is 3.19 bits per heavy atom.